The smallest absolute Gasteiger partial charge is 0.313 e. The van der Waals surface area contributed by atoms with Gasteiger partial charge in [0.05, 0.1) is 22.2 Å². The molecule has 0 aliphatic rings. The van der Waals surface area contributed by atoms with Gasteiger partial charge in [0, 0.05) is 0 Å². The molecule has 0 atom stereocenters. The average Bonchev–Trinajstić information content (AvgIpc) is 2.34. The van der Waals surface area contributed by atoms with Crippen molar-refractivity contribution in [3.63, 3.8) is 0 Å². The van der Waals surface area contributed by atoms with Gasteiger partial charge in [0.1, 0.15) is 11.4 Å². The lowest BCUT2D eigenvalue weighted by atomic mass is 10.1. The van der Waals surface area contributed by atoms with Crippen molar-refractivity contribution < 1.29 is 23.1 Å². The molecule has 0 aromatic heterocycles. The molecule has 0 fully saturated rings. The Morgan fingerprint density at radius 1 is 1.05 bits per heavy atom. The number of ether oxygens (including phenoxy) is 1. The number of hydrogen-bond acceptors (Lipinski definition) is 3. The first-order valence-corrected chi connectivity index (χ1v) is 6.14. The Morgan fingerprint density at radius 3 is 1.95 bits per heavy atom. The molecule has 0 saturated heterocycles. The van der Waals surface area contributed by atoms with Crippen molar-refractivity contribution in [3.05, 3.63) is 32.3 Å². The van der Waals surface area contributed by atoms with Crippen LogP contribution in [0, 0.1) is 11.6 Å². The van der Waals surface area contributed by atoms with E-state index in [2.05, 4.69) is 4.74 Å². The van der Waals surface area contributed by atoms with Gasteiger partial charge in [-0.3, -0.25) is 9.59 Å². The van der Waals surface area contributed by atoms with Crippen molar-refractivity contribution >= 4 is 46.6 Å². The highest BCUT2D eigenvalue weighted by Crippen LogP contribution is 2.36. The molecular weight excluding hydrogens is 324 g/mol. The number of carbonyl (C=O) groups excluding carboxylic acids is 2. The maximum absolute atomic E-state index is 13.4. The molecular formula is C11H7Cl3F2O3. The summed E-state index contributed by atoms with van der Waals surface area (Å²) in [6, 6.07) is 0. The van der Waals surface area contributed by atoms with Crippen molar-refractivity contribution in [2.24, 2.45) is 0 Å². The zero-order valence-corrected chi connectivity index (χ0v) is 11.8. The van der Waals surface area contributed by atoms with Crippen molar-refractivity contribution in [1.82, 2.24) is 0 Å². The number of halogens is 5. The second-order valence-corrected chi connectivity index (χ2v) is 4.48. The fourth-order valence-corrected chi connectivity index (χ4v) is 2.20. The largest absolute Gasteiger partial charge is 0.466 e. The second kappa shape index (κ2) is 6.50. The van der Waals surface area contributed by atoms with E-state index >= 15 is 0 Å². The third kappa shape index (κ3) is 3.35. The van der Waals surface area contributed by atoms with Gasteiger partial charge in [-0.1, -0.05) is 34.8 Å². The highest BCUT2D eigenvalue weighted by atomic mass is 35.5. The Balaban J connectivity index is 3.21. The minimum Gasteiger partial charge on any atom is -0.466 e. The number of rotatable bonds is 4. The Morgan fingerprint density at radius 2 is 1.53 bits per heavy atom. The predicted molar refractivity (Wildman–Crippen MR) is 67.0 cm³/mol. The van der Waals surface area contributed by atoms with Gasteiger partial charge in [0.2, 0.25) is 0 Å². The lowest BCUT2D eigenvalue weighted by Crippen LogP contribution is -2.13. The first kappa shape index (κ1) is 16.1. The van der Waals surface area contributed by atoms with E-state index in [-0.39, 0.29) is 6.61 Å². The van der Waals surface area contributed by atoms with Gasteiger partial charge in [0.15, 0.2) is 17.4 Å². The molecule has 0 spiro atoms. The van der Waals surface area contributed by atoms with Crippen LogP contribution in [0.4, 0.5) is 8.78 Å². The lowest BCUT2D eigenvalue weighted by Gasteiger charge is -2.09. The Kier molecular flexibility index (Phi) is 5.52. The summed E-state index contributed by atoms with van der Waals surface area (Å²) in [7, 11) is 0. The highest BCUT2D eigenvalue weighted by molar-refractivity contribution is 6.42. The van der Waals surface area contributed by atoms with Crippen LogP contribution in [0.1, 0.15) is 23.7 Å². The number of esters is 1. The summed E-state index contributed by atoms with van der Waals surface area (Å²) in [5.74, 6) is -4.42. The normalized spacial score (nSPS) is 10.4. The SMILES string of the molecule is CCOC(=O)CC(=O)c1c(Cl)c(F)c(Cl)c(F)c1Cl. The number of benzene rings is 1. The van der Waals surface area contributed by atoms with E-state index in [9.17, 15) is 18.4 Å². The Labute approximate surface area is 122 Å². The van der Waals surface area contributed by atoms with Gasteiger partial charge < -0.3 is 4.74 Å². The average molecular weight is 332 g/mol. The van der Waals surface area contributed by atoms with Crippen LogP contribution in [0.2, 0.25) is 15.1 Å². The van der Waals surface area contributed by atoms with E-state index in [4.69, 9.17) is 34.8 Å². The zero-order chi connectivity index (χ0) is 14.7. The van der Waals surface area contributed by atoms with Crippen molar-refractivity contribution in [2.45, 2.75) is 13.3 Å². The van der Waals surface area contributed by atoms with E-state index in [1.807, 2.05) is 0 Å². The molecule has 0 amide bonds. The molecule has 1 aromatic rings. The fraction of sp³-hybridized carbons (Fsp3) is 0.273. The summed E-state index contributed by atoms with van der Waals surface area (Å²) in [5, 5.41) is -2.38. The monoisotopic (exact) mass is 330 g/mol. The maximum atomic E-state index is 13.4. The fourth-order valence-electron chi connectivity index (χ4n) is 1.28. The first-order valence-electron chi connectivity index (χ1n) is 5.01. The topological polar surface area (TPSA) is 43.4 Å². The standard InChI is InChI=1S/C11H7Cl3F2O3/c1-2-19-5(18)3-4(17)6-7(12)10(15)9(14)11(16)8(6)13/h2-3H2,1H3. The molecule has 0 radical (unpaired) electrons. The molecule has 3 nitrogen and oxygen atoms in total. The molecule has 1 rings (SSSR count). The molecule has 1 aromatic carbocycles. The van der Waals surface area contributed by atoms with Gasteiger partial charge in [-0.15, -0.1) is 0 Å². The third-order valence-electron chi connectivity index (χ3n) is 2.10. The van der Waals surface area contributed by atoms with Gasteiger partial charge >= 0.3 is 5.97 Å². The number of carbonyl (C=O) groups is 2. The molecule has 104 valence electrons. The van der Waals surface area contributed by atoms with Crippen LogP contribution in [0.25, 0.3) is 0 Å². The van der Waals surface area contributed by atoms with Crippen LogP contribution < -0.4 is 0 Å². The highest BCUT2D eigenvalue weighted by Gasteiger charge is 2.27. The molecule has 0 saturated carbocycles. The molecule has 0 heterocycles. The Hall–Kier alpha value is -0.910. The molecule has 0 aliphatic carbocycles. The minimum atomic E-state index is -1.31. The predicted octanol–water partition coefficient (Wildman–Crippen LogP) is 4.06. The summed E-state index contributed by atoms with van der Waals surface area (Å²) in [4.78, 5) is 22.9. The quantitative estimate of drug-likeness (QED) is 0.275. The molecule has 0 bridgehead atoms. The van der Waals surface area contributed by atoms with E-state index in [0.717, 1.165) is 0 Å². The summed E-state index contributed by atoms with van der Waals surface area (Å²) in [5.41, 5.74) is -0.629. The summed E-state index contributed by atoms with van der Waals surface area (Å²) in [6.07, 6.45) is -0.728. The van der Waals surface area contributed by atoms with Crippen LogP contribution >= 0.6 is 34.8 Å². The summed E-state index contributed by atoms with van der Waals surface area (Å²) < 4.78 is 31.4. The van der Waals surface area contributed by atoms with Crippen LogP contribution in [-0.2, 0) is 9.53 Å². The molecule has 8 heteroatoms. The molecule has 19 heavy (non-hydrogen) atoms. The van der Waals surface area contributed by atoms with E-state index in [1.165, 1.54) is 0 Å². The second-order valence-electron chi connectivity index (χ2n) is 3.35. The van der Waals surface area contributed by atoms with Crippen LogP contribution in [-0.4, -0.2) is 18.4 Å². The number of hydrogen-bond donors (Lipinski definition) is 0. The van der Waals surface area contributed by atoms with Crippen molar-refractivity contribution in [2.75, 3.05) is 6.61 Å². The Bertz CT molecular complexity index is 517. The summed E-state index contributed by atoms with van der Waals surface area (Å²) in [6.45, 7) is 1.61. The minimum absolute atomic E-state index is 0.0664. The van der Waals surface area contributed by atoms with Gasteiger partial charge in [-0.2, -0.15) is 0 Å². The number of ketones is 1. The van der Waals surface area contributed by atoms with Gasteiger partial charge in [-0.05, 0) is 6.92 Å². The van der Waals surface area contributed by atoms with Gasteiger partial charge in [0.25, 0.3) is 0 Å². The summed E-state index contributed by atoms with van der Waals surface area (Å²) >= 11 is 16.4. The van der Waals surface area contributed by atoms with Crippen molar-refractivity contribution in [3.8, 4) is 0 Å². The van der Waals surface area contributed by atoms with E-state index in [1.54, 1.807) is 6.92 Å². The van der Waals surface area contributed by atoms with E-state index < -0.39 is 50.4 Å². The number of Topliss-reactive ketones (excluding diaryl/α,β-unsaturated/α-hetero) is 1. The molecule has 0 N–H and O–H groups in total. The van der Waals surface area contributed by atoms with E-state index in [0.29, 0.717) is 0 Å². The van der Waals surface area contributed by atoms with Crippen molar-refractivity contribution in [1.29, 1.82) is 0 Å². The maximum Gasteiger partial charge on any atom is 0.313 e. The van der Waals surface area contributed by atoms with Crippen LogP contribution in [0.3, 0.4) is 0 Å². The van der Waals surface area contributed by atoms with Crippen LogP contribution in [0.5, 0.6) is 0 Å². The van der Waals surface area contributed by atoms with Crippen LogP contribution in [0.15, 0.2) is 0 Å². The molecule has 0 aliphatic heterocycles. The van der Waals surface area contributed by atoms with Gasteiger partial charge in [-0.25, -0.2) is 8.78 Å². The molecule has 0 unspecified atom stereocenters. The zero-order valence-electron chi connectivity index (χ0n) is 9.53. The lowest BCUT2D eigenvalue weighted by molar-refractivity contribution is -0.141. The third-order valence-corrected chi connectivity index (χ3v) is 3.14. The first-order chi connectivity index (χ1) is 8.81.